The molecule has 0 unspecified atom stereocenters. The van der Waals surface area contributed by atoms with Gasteiger partial charge in [0.2, 0.25) is 0 Å². The first-order chi connectivity index (χ1) is 20.0. The monoisotopic (exact) mass is 562 g/mol. The molecule has 2 aliphatic rings. The SMILES string of the molecule is COc1cc(N2C(=O)c3ccc(-c4ccc5c(c4)C(=O)N(c4cc(OC)c(N)cc4C)C5=O)cc3C2=O)c(C)cc1N. The number of hydrogen-bond donors (Lipinski definition) is 2. The molecule has 10 nitrogen and oxygen atoms in total. The van der Waals surface area contributed by atoms with Crippen molar-refractivity contribution in [3.63, 3.8) is 0 Å². The molecule has 0 saturated heterocycles. The molecule has 2 aliphatic heterocycles. The summed E-state index contributed by atoms with van der Waals surface area (Å²) in [5, 5.41) is 0. The molecule has 0 aromatic heterocycles. The van der Waals surface area contributed by atoms with Crippen LogP contribution in [0.4, 0.5) is 22.7 Å². The smallest absolute Gasteiger partial charge is 0.266 e. The zero-order valence-corrected chi connectivity index (χ0v) is 23.3. The highest BCUT2D eigenvalue weighted by molar-refractivity contribution is 6.36. The Hall–Kier alpha value is -5.64. The minimum Gasteiger partial charge on any atom is -0.495 e. The van der Waals surface area contributed by atoms with Crippen LogP contribution >= 0.6 is 0 Å². The summed E-state index contributed by atoms with van der Waals surface area (Å²) in [4.78, 5) is 55.9. The van der Waals surface area contributed by atoms with E-state index in [1.54, 1.807) is 74.5 Å². The topological polar surface area (TPSA) is 145 Å². The predicted octanol–water partition coefficient (Wildman–Crippen LogP) is 4.75. The summed E-state index contributed by atoms with van der Waals surface area (Å²) in [6.45, 7) is 3.52. The number of carbonyl (C=O) groups is 4. The van der Waals surface area contributed by atoms with Crippen LogP contribution < -0.4 is 30.7 Å². The van der Waals surface area contributed by atoms with Crippen LogP contribution in [0.5, 0.6) is 11.5 Å². The van der Waals surface area contributed by atoms with Gasteiger partial charge >= 0.3 is 0 Å². The molecular formula is C32H26N4O6. The van der Waals surface area contributed by atoms with Gasteiger partial charge < -0.3 is 20.9 Å². The van der Waals surface area contributed by atoms with Crippen molar-refractivity contribution >= 4 is 46.4 Å². The first-order valence-electron chi connectivity index (χ1n) is 13.0. The minimum absolute atomic E-state index is 0.224. The zero-order valence-electron chi connectivity index (χ0n) is 23.3. The lowest BCUT2D eigenvalue weighted by atomic mass is 9.97. The second-order valence-corrected chi connectivity index (χ2v) is 10.2. The second kappa shape index (κ2) is 9.48. The van der Waals surface area contributed by atoms with E-state index >= 15 is 0 Å². The van der Waals surface area contributed by atoms with Gasteiger partial charge in [0, 0.05) is 12.1 Å². The van der Waals surface area contributed by atoms with E-state index in [-0.39, 0.29) is 22.3 Å². The van der Waals surface area contributed by atoms with Crippen molar-refractivity contribution in [2.45, 2.75) is 13.8 Å². The van der Waals surface area contributed by atoms with Crippen LogP contribution in [0.15, 0.2) is 60.7 Å². The highest BCUT2D eigenvalue weighted by Gasteiger charge is 2.40. The molecule has 210 valence electrons. The molecule has 4 amide bonds. The Balaban J connectivity index is 1.36. The van der Waals surface area contributed by atoms with Crippen LogP contribution in [-0.2, 0) is 0 Å². The molecule has 0 atom stereocenters. The number of nitrogens with two attached hydrogens (primary N) is 2. The summed E-state index contributed by atoms with van der Waals surface area (Å²) >= 11 is 0. The Morgan fingerprint density at radius 2 is 0.881 bits per heavy atom. The molecule has 4 N–H and O–H groups in total. The summed E-state index contributed by atoms with van der Waals surface area (Å²) in [5.41, 5.74) is 17.0. The third kappa shape index (κ3) is 3.80. The van der Waals surface area contributed by atoms with Crippen molar-refractivity contribution in [1.82, 2.24) is 0 Å². The van der Waals surface area contributed by atoms with Gasteiger partial charge in [-0.2, -0.15) is 0 Å². The number of carbonyl (C=O) groups excluding carboxylic acids is 4. The first kappa shape index (κ1) is 26.6. The molecule has 10 heteroatoms. The van der Waals surface area contributed by atoms with E-state index in [2.05, 4.69) is 0 Å². The van der Waals surface area contributed by atoms with Crippen molar-refractivity contribution in [1.29, 1.82) is 0 Å². The van der Waals surface area contributed by atoms with E-state index in [0.29, 0.717) is 56.5 Å². The third-order valence-corrected chi connectivity index (χ3v) is 7.68. The van der Waals surface area contributed by atoms with Crippen molar-refractivity contribution in [3.05, 3.63) is 94.0 Å². The Bertz CT molecular complexity index is 1760. The average Bonchev–Trinajstić information content (AvgIpc) is 3.37. The van der Waals surface area contributed by atoms with Gasteiger partial charge in [0.25, 0.3) is 23.6 Å². The number of hydrogen-bond acceptors (Lipinski definition) is 8. The van der Waals surface area contributed by atoms with Crippen molar-refractivity contribution in [3.8, 4) is 22.6 Å². The highest BCUT2D eigenvalue weighted by atomic mass is 16.5. The molecule has 0 bridgehead atoms. The average molecular weight is 563 g/mol. The molecule has 4 aromatic carbocycles. The Labute approximate surface area is 241 Å². The number of methoxy groups -OCH3 is 2. The maximum absolute atomic E-state index is 13.5. The Morgan fingerprint density at radius 3 is 1.24 bits per heavy atom. The first-order valence-corrected chi connectivity index (χ1v) is 13.0. The summed E-state index contributed by atoms with van der Waals surface area (Å²) in [6.07, 6.45) is 0. The minimum atomic E-state index is -0.488. The number of anilines is 4. The molecule has 0 radical (unpaired) electrons. The van der Waals surface area contributed by atoms with E-state index < -0.39 is 23.6 Å². The molecule has 2 heterocycles. The molecule has 0 saturated carbocycles. The fourth-order valence-electron chi connectivity index (χ4n) is 5.51. The van der Waals surface area contributed by atoms with Crippen LogP contribution in [0.25, 0.3) is 11.1 Å². The summed E-state index contributed by atoms with van der Waals surface area (Å²) in [6, 6.07) is 16.3. The number of fused-ring (bicyclic) bond motifs is 2. The van der Waals surface area contributed by atoms with Crippen molar-refractivity contribution in [2.24, 2.45) is 0 Å². The van der Waals surface area contributed by atoms with Crippen LogP contribution in [0.2, 0.25) is 0 Å². The van der Waals surface area contributed by atoms with E-state index in [1.807, 2.05) is 0 Å². The number of nitrogen functional groups attached to an aromatic ring is 2. The van der Waals surface area contributed by atoms with Gasteiger partial charge in [0.1, 0.15) is 11.5 Å². The molecule has 6 rings (SSSR count). The van der Waals surface area contributed by atoms with Crippen molar-refractivity contribution < 1.29 is 28.7 Å². The van der Waals surface area contributed by atoms with Gasteiger partial charge in [-0.15, -0.1) is 0 Å². The maximum Gasteiger partial charge on any atom is 0.266 e. The summed E-state index contributed by atoms with van der Waals surface area (Å²) < 4.78 is 10.6. The van der Waals surface area contributed by atoms with Crippen LogP contribution in [-0.4, -0.2) is 37.8 Å². The number of amides is 4. The van der Waals surface area contributed by atoms with Gasteiger partial charge in [-0.25, -0.2) is 9.80 Å². The van der Waals surface area contributed by atoms with Crippen molar-refractivity contribution in [2.75, 3.05) is 35.5 Å². The molecule has 4 aromatic rings. The number of rotatable bonds is 5. The van der Waals surface area contributed by atoms with Crippen LogP contribution in [0, 0.1) is 13.8 Å². The highest BCUT2D eigenvalue weighted by Crippen LogP contribution is 2.39. The number of nitrogens with zero attached hydrogens (tertiary/aromatic N) is 2. The lowest BCUT2D eigenvalue weighted by Gasteiger charge is -2.18. The van der Waals surface area contributed by atoms with Crippen LogP contribution in [0.1, 0.15) is 52.6 Å². The fraction of sp³-hybridized carbons (Fsp3) is 0.125. The van der Waals surface area contributed by atoms with E-state index in [1.165, 1.54) is 14.2 Å². The number of benzene rings is 4. The zero-order chi connectivity index (χ0) is 30.0. The van der Waals surface area contributed by atoms with E-state index in [9.17, 15) is 19.2 Å². The largest absolute Gasteiger partial charge is 0.495 e. The molecule has 0 fully saturated rings. The molecule has 0 aliphatic carbocycles. The number of aryl methyl sites for hydroxylation is 2. The Morgan fingerprint density at radius 1 is 0.524 bits per heavy atom. The summed E-state index contributed by atoms with van der Waals surface area (Å²) in [5.74, 6) is -1.19. The lowest BCUT2D eigenvalue weighted by Crippen LogP contribution is -2.30. The van der Waals surface area contributed by atoms with Gasteiger partial charge in [-0.3, -0.25) is 19.2 Å². The van der Waals surface area contributed by atoms with Crippen LogP contribution in [0.3, 0.4) is 0 Å². The van der Waals surface area contributed by atoms with Gasteiger partial charge in [-0.1, -0.05) is 12.1 Å². The number of ether oxygens (including phenoxy) is 2. The maximum atomic E-state index is 13.5. The van der Waals surface area contributed by atoms with Gasteiger partial charge in [0.15, 0.2) is 0 Å². The fourth-order valence-corrected chi connectivity index (χ4v) is 5.51. The second-order valence-electron chi connectivity index (χ2n) is 10.2. The standard InChI is InChI=1S/C32H26N4O6/c1-15-9-23(33)27(41-3)13-25(15)35-29(37)19-7-5-17(11-21(19)31(35)39)18-6-8-20-22(12-18)32(40)36(30(20)38)26-14-28(42-4)24(34)10-16(26)2/h5-14H,33-34H2,1-4H3. The molecule has 0 spiro atoms. The normalized spacial score (nSPS) is 14.0. The van der Waals surface area contributed by atoms with E-state index in [4.69, 9.17) is 20.9 Å². The Kier molecular flexibility index (Phi) is 6.00. The van der Waals surface area contributed by atoms with Gasteiger partial charge in [-0.05, 0) is 72.5 Å². The predicted molar refractivity (Wildman–Crippen MR) is 158 cm³/mol. The molecule has 42 heavy (non-hydrogen) atoms. The van der Waals surface area contributed by atoms with E-state index in [0.717, 1.165) is 9.80 Å². The quantitative estimate of drug-likeness (QED) is 0.262. The third-order valence-electron chi connectivity index (χ3n) is 7.68. The van der Waals surface area contributed by atoms with Gasteiger partial charge in [0.05, 0.1) is 59.2 Å². The lowest BCUT2D eigenvalue weighted by molar-refractivity contribution is 0.0910. The number of imide groups is 2. The molecular weight excluding hydrogens is 536 g/mol. The summed E-state index contributed by atoms with van der Waals surface area (Å²) in [7, 11) is 2.92.